The van der Waals surface area contributed by atoms with Gasteiger partial charge in [0.1, 0.15) is 24.4 Å². The zero-order valence-corrected chi connectivity index (χ0v) is 12.9. The van der Waals surface area contributed by atoms with Crippen molar-refractivity contribution in [1.82, 2.24) is 0 Å². The van der Waals surface area contributed by atoms with Gasteiger partial charge in [0.15, 0.2) is 0 Å². The summed E-state index contributed by atoms with van der Waals surface area (Å²) in [6, 6.07) is 0. The van der Waals surface area contributed by atoms with Crippen LogP contribution in [0.25, 0.3) is 0 Å². The summed E-state index contributed by atoms with van der Waals surface area (Å²) in [6.07, 6.45) is -4.52. The molecule has 1 aliphatic carbocycles. The summed E-state index contributed by atoms with van der Waals surface area (Å²) in [5.74, 6) is -1.14. The molecule has 8 heteroatoms. The number of alkyl halides is 2. The predicted molar refractivity (Wildman–Crippen MR) is 68.6 cm³/mol. The molecule has 0 unspecified atom stereocenters. The summed E-state index contributed by atoms with van der Waals surface area (Å²) in [5, 5.41) is 19.8. The van der Waals surface area contributed by atoms with Gasteiger partial charge in [0.05, 0.1) is 9.65 Å². The average Bonchev–Trinajstić information content (AvgIpc) is 2.27. The normalized spacial score (nSPS) is 40.1. The van der Waals surface area contributed by atoms with Gasteiger partial charge in [-0.05, 0) is 0 Å². The van der Waals surface area contributed by atoms with Crippen LogP contribution < -0.4 is 0 Å². The number of carbonyl (C=O) groups excluding carboxylic acids is 2. The molecule has 0 radical (unpaired) electrons. The summed E-state index contributed by atoms with van der Waals surface area (Å²) in [7, 11) is 0. The minimum atomic E-state index is -1.34. The van der Waals surface area contributed by atoms with Crippen LogP contribution in [0.2, 0.25) is 0 Å². The molecule has 0 bridgehead atoms. The predicted octanol–water partition coefficient (Wildman–Crippen LogP) is 0.112. The number of rotatable bonds is 2. The molecule has 2 N–H and O–H groups in total. The minimum absolute atomic E-state index is 0.496. The van der Waals surface area contributed by atoms with E-state index >= 15 is 0 Å². The fourth-order valence-electron chi connectivity index (χ4n) is 1.78. The van der Waals surface area contributed by atoms with Crippen LogP contribution in [-0.4, -0.2) is 56.2 Å². The minimum Gasteiger partial charge on any atom is -0.458 e. The Morgan fingerprint density at radius 2 is 1.17 bits per heavy atom. The zero-order chi connectivity index (χ0) is 14.0. The van der Waals surface area contributed by atoms with E-state index in [0.717, 1.165) is 0 Å². The number of halogens is 2. The lowest BCUT2D eigenvalue weighted by Gasteiger charge is -2.42. The van der Waals surface area contributed by atoms with Crippen molar-refractivity contribution < 1.29 is 29.3 Å². The molecule has 1 fully saturated rings. The first-order chi connectivity index (χ1) is 8.25. The van der Waals surface area contributed by atoms with Crippen molar-refractivity contribution in [2.45, 2.75) is 47.9 Å². The highest BCUT2D eigenvalue weighted by atomic mass is 79.9. The fraction of sp³-hybridized carbons (Fsp3) is 0.800. The fourth-order valence-corrected chi connectivity index (χ4v) is 3.22. The molecule has 0 saturated heterocycles. The molecular weight excluding hydrogens is 376 g/mol. The Hall–Kier alpha value is -0.180. The van der Waals surface area contributed by atoms with Crippen LogP contribution in [0.5, 0.6) is 0 Å². The van der Waals surface area contributed by atoms with Gasteiger partial charge < -0.3 is 19.7 Å². The summed E-state index contributed by atoms with van der Waals surface area (Å²) in [5.41, 5.74) is 0. The molecule has 6 nitrogen and oxygen atoms in total. The Morgan fingerprint density at radius 1 is 0.889 bits per heavy atom. The molecule has 0 aromatic carbocycles. The maximum absolute atomic E-state index is 10.9. The van der Waals surface area contributed by atoms with Crippen LogP contribution in [0.1, 0.15) is 13.8 Å². The van der Waals surface area contributed by atoms with Crippen LogP contribution in [0.15, 0.2) is 0 Å². The first-order valence-corrected chi connectivity index (χ1v) is 7.07. The molecule has 18 heavy (non-hydrogen) atoms. The van der Waals surface area contributed by atoms with Gasteiger partial charge in [0.25, 0.3) is 0 Å². The van der Waals surface area contributed by atoms with E-state index in [4.69, 9.17) is 9.47 Å². The van der Waals surface area contributed by atoms with E-state index in [9.17, 15) is 19.8 Å². The van der Waals surface area contributed by atoms with Gasteiger partial charge in [0.2, 0.25) is 0 Å². The smallest absolute Gasteiger partial charge is 0.303 e. The van der Waals surface area contributed by atoms with E-state index in [-0.39, 0.29) is 0 Å². The van der Waals surface area contributed by atoms with E-state index in [0.29, 0.717) is 0 Å². The standard InChI is InChI=1S/C10H14Br2O6/c1-3(13)17-9-5(11)6(12)10(18-4(2)14)8(16)7(9)15/h5-10,15-16H,1-2H3/t5-,6-,7-,8+,9+,10+/m1/s1. The molecule has 0 aliphatic heterocycles. The molecule has 1 rings (SSSR count). The third-order valence-corrected chi connectivity index (χ3v) is 5.45. The monoisotopic (exact) mass is 388 g/mol. The third kappa shape index (κ3) is 3.43. The summed E-state index contributed by atoms with van der Waals surface area (Å²) in [4.78, 5) is 20.9. The van der Waals surface area contributed by atoms with Crippen LogP contribution >= 0.6 is 31.9 Å². The van der Waals surface area contributed by atoms with Crippen LogP contribution in [-0.2, 0) is 19.1 Å². The Bertz CT molecular complexity index is 288. The van der Waals surface area contributed by atoms with Crippen LogP contribution in [0.4, 0.5) is 0 Å². The SMILES string of the molecule is CC(=O)O[C@@H]1[C@H](O)[C@H](O)[C@@H](OC(C)=O)[C@H](Br)[C@H]1Br. The first-order valence-electron chi connectivity index (χ1n) is 5.24. The van der Waals surface area contributed by atoms with Gasteiger partial charge in [0, 0.05) is 13.8 Å². The second kappa shape index (κ2) is 6.31. The van der Waals surface area contributed by atoms with Crippen molar-refractivity contribution >= 4 is 43.8 Å². The van der Waals surface area contributed by atoms with Crippen LogP contribution in [0.3, 0.4) is 0 Å². The molecule has 0 amide bonds. The highest BCUT2D eigenvalue weighted by molar-refractivity contribution is 9.12. The second-order valence-electron chi connectivity index (χ2n) is 4.02. The highest BCUT2D eigenvalue weighted by Gasteiger charge is 2.51. The highest BCUT2D eigenvalue weighted by Crippen LogP contribution is 2.34. The topological polar surface area (TPSA) is 93.1 Å². The Morgan fingerprint density at radius 3 is 1.39 bits per heavy atom. The lowest BCUT2D eigenvalue weighted by Crippen LogP contribution is -2.62. The number of aliphatic hydroxyl groups excluding tert-OH is 2. The van der Waals surface area contributed by atoms with Crippen molar-refractivity contribution in [3.05, 3.63) is 0 Å². The van der Waals surface area contributed by atoms with E-state index in [1.165, 1.54) is 13.8 Å². The summed E-state index contributed by atoms with van der Waals surface area (Å²) in [6.45, 7) is 2.42. The number of ether oxygens (including phenoxy) is 2. The Labute approximate surface area is 121 Å². The Kier molecular flexibility index (Phi) is 5.57. The number of carbonyl (C=O) groups is 2. The van der Waals surface area contributed by atoms with Gasteiger partial charge in [-0.25, -0.2) is 0 Å². The zero-order valence-electron chi connectivity index (χ0n) is 9.75. The van der Waals surface area contributed by atoms with E-state index in [1.54, 1.807) is 0 Å². The summed E-state index contributed by atoms with van der Waals surface area (Å²) < 4.78 is 9.89. The number of hydrogen-bond donors (Lipinski definition) is 2. The molecule has 0 heterocycles. The largest absolute Gasteiger partial charge is 0.458 e. The molecule has 6 atom stereocenters. The second-order valence-corrected chi connectivity index (χ2v) is 6.13. The number of esters is 2. The lowest BCUT2D eigenvalue weighted by molar-refractivity contribution is -0.182. The van der Waals surface area contributed by atoms with Gasteiger partial charge in [-0.15, -0.1) is 0 Å². The van der Waals surface area contributed by atoms with Crippen molar-refractivity contribution in [3.63, 3.8) is 0 Å². The number of aliphatic hydroxyl groups is 2. The van der Waals surface area contributed by atoms with E-state index in [1.807, 2.05) is 0 Å². The Balaban J connectivity index is 2.87. The maximum atomic E-state index is 10.9. The van der Waals surface area contributed by atoms with Gasteiger partial charge in [-0.2, -0.15) is 0 Å². The molecular formula is C10H14Br2O6. The molecule has 1 saturated carbocycles. The van der Waals surface area contributed by atoms with Crippen molar-refractivity contribution in [2.75, 3.05) is 0 Å². The van der Waals surface area contributed by atoms with Gasteiger partial charge in [-0.3, -0.25) is 9.59 Å². The molecule has 104 valence electrons. The third-order valence-electron chi connectivity index (χ3n) is 2.56. The lowest BCUT2D eigenvalue weighted by atomic mass is 9.89. The van der Waals surface area contributed by atoms with E-state index in [2.05, 4.69) is 31.9 Å². The van der Waals surface area contributed by atoms with E-state index < -0.39 is 46.0 Å². The molecule has 0 aromatic heterocycles. The van der Waals surface area contributed by atoms with Crippen molar-refractivity contribution in [3.8, 4) is 0 Å². The summed E-state index contributed by atoms with van der Waals surface area (Å²) >= 11 is 6.52. The van der Waals surface area contributed by atoms with Crippen molar-refractivity contribution in [2.24, 2.45) is 0 Å². The first kappa shape index (κ1) is 15.9. The molecule has 1 aliphatic rings. The molecule has 0 aromatic rings. The molecule has 0 spiro atoms. The maximum Gasteiger partial charge on any atom is 0.303 e. The van der Waals surface area contributed by atoms with Crippen LogP contribution in [0, 0.1) is 0 Å². The number of hydrogen-bond acceptors (Lipinski definition) is 6. The van der Waals surface area contributed by atoms with Gasteiger partial charge in [-0.1, -0.05) is 31.9 Å². The van der Waals surface area contributed by atoms with Crippen molar-refractivity contribution in [1.29, 1.82) is 0 Å². The van der Waals surface area contributed by atoms with Gasteiger partial charge >= 0.3 is 11.9 Å². The average molecular weight is 390 g/mol. The quantitative estimate of drug-likeness (QED) is 0.514.